The normalized spacial score (nSPS) is 20.6. The molecule has 2 rings (SSSR count). The van der Waals surface area contributed by atoms with Gasteiger partial charge in [0.2, 0.25) is 5.91 Å². The largest absolute Gasteiger partial charge is 0.342 e. The minimum Gasteiger partial charge on any atom is -0.342 e. The van der Waals surface area contributed by atoms with Crippen molar-refractivity contribution in [1.29, 1.82) is 0 Å². The molecule has 0 aliphatic carbocycles. The fourth-order valence-electron chi connectivity index (χ4n) is 2.60. The summed E-state index contributed by atoms with van der Waals surface area (Å²) >= 11 is 5.92. The van der Waals surface area contributed by atoms with Gasteiger partial charge in [-0.05, 0) is 30.5 Å². The smallest absolute Gasteiger partial charge is 0.222 e. The predicted molar refractivity (Wildman–Crippen MR) is 74.9 cm³/mol. The molecule has 0 bridgehead atoms. The van der Waals surface area contributed by atoms with E-state index in [0.29, 0.717) is 12.3 Å². The maximum atomic E-state index is 11.9. The number of amides is 1. The molecule has 0 radical (unpaired) electrons. The molecule has 1 aromatic carbocycles. The van der Waals surface area contributed by atoms with Gasteiger partial charge in [0, 0.05) is 30.5 Å². The summed E-state index contributed by atoms with van der Waals surface area (Å²) in [6, 6.07) is 8.06. The lowest BCUT2D eigenvalue weighted by Gasteiger charge is -2.24. The Morgan fingerprint density at radius 1 is 1.33 bits per heavy atom. The maximum Gasteiger partial charge on any atom is 0.222 e. The Balaban J connectivity index is 2.11. The van der Waals surface area contributed by atoms with Gasteiger partial charge in [-0.25, -0.2) is 0 Å². The van der Waals surface area contributed by atoms with Gasteiger partial charge in [-0.2, -0.15) is 0 Å². The van der Waals surface area contributed by atoms with Gasteiger partial charge in [-0.3, -0.25) is 4.79 Å². The average molecular weight is 266 g/mol. The van der Waals surface area contributed by atoms with Crippen LogP contribution >= 0.6 is 11.6 Å². The zero-order valence-corrected chi connectivity index (χ0v) is 11.6. The van der Waals surface area contributed by atoms with E-state index in [4.69, 9.17) is 11.6 Å². The van der Waals surface area contributed by atoms with Crippen molar-refractivity contribution < 1.29 is 4.79 Å². The monoisotopic (exact) mass is 265 g/mol. The number of halogens is 1. The molecule has 1 atom stereocenters. The van der Waals surface area contributed by atoms with Crippen LogP contribution in [0, 0.1) is 0 Å². The maximum absolute atomic E-state index is 11.9. The number of hydrogen-bond donors (Lipinski definition) is 0. The van der Waals surface area contributed by atoms with Crippen LogP contribution in [0.5, 0.6) is 0 Å². The van der Waals surface area contributed by atoms with Gasteiger partial charge in [-0.15, -0.1) is 0 Å². The molecule has 1 aliphatic heterocycles. The number of hydrogen-bond acceptors (Lipinski definition) is 1. The van der Waals surface area contributed by atoms with Crippen LogP contribution < -0.4 is 0 Å². The van der Waals surface area contributed by atoms with E-state index in [-0.39, 0.29) is 5.91 Å². The predicted octanol–water partition coefficient (Wildman–Crippen LogP) is 3.85. The summed E-state index contributed by atoms with van der Waals surface area (Å²) in [5.41, 5.74) is 1.30. The van der Waals surface area contributed by atoms with E-state index >= 15 is 0 Å². The lowest BCUT2D eigenvalue weighted by atomic mass is 9.94. The number of carbonyl (C=O) groups is 1. The van der Waals surface area contributed by atoms with Crippen LogP contribution in [0.15, 0.2) is 24.3 Å². The van der Waals surface area contributed by atoms with Crippen molar-refractivity contribution in [3.05, 3.63) is 34.9 Å². The van der Waals surface area contributed by atoms with Crippen LogP contribution in [0.3, 0.4) is 0 Å². The van der Waals surface area contributed by atoms with Crippen molar-refractivity contribution in [2.24, 2.45) is 0 Å². The number of carbonyl (C=O) groups excluding carboxylic acids is 1. The van der Waals surface area contributed by atoms with Crippen molar-refractivity contribution >= 4 is 17.5 Å². The highest BCUT2D eigenvalue weighted by molar-refractivity contribution is 6.30. The zero-order valence-electron chi connectivity index (χ0n) is 10.9. The molecule has 18 heavy (non-hydrogen) atoms. The highest BCUT2D eigenvalue weighted by Crippen LogP contribution is 2.27. The lowest BCUT2D eigenvalue weighted by molar-refractivity contribution is -0.130. The van der Waals surface area contributed by atoms with Crippen molar-refractivity contribution in [1.82, 2.24) is 4.90 Å². The molecule has 0 spiro atoms. The molecule has 0 saturated carbocycles. The van der Waals surface area contributed by atoms with Crippen LogP contribution in [0.25, 0.3) is 0 Å². The van der Waals surface area contributed by atoms with Gasteiger partial charge in [0.15, 0.2) is 0 Å². The van der Waals surface area contributed by atoms with E-state index in [1.165, 1.54) is 12.0 Å². The Morgan fingerprint density at radius 2 is 2.06 bits per heavy atom. The Labute approximate surface area is 114 Å². The number of likely N-dealkylation sites (tertiary alicyclic amines) is 1. The molecular weight excluding hydrogens is 246 g/mol. The summed E-state index contributed by atoms with van der Waals surface area (Å²) in [5, 5.41) is 0.772. The molecular formula is C15H20ClNO. The van der Waals surface area contributed by atoms with Crippen molar-refractivity contribution in [3.8, 4) is 0 Å². The standard InChI is InChI=1S/C15H20ClNO/c1-2-15(18)17-10-4-3-5-13(11-17)12-6-8-14(16)9-7-12/h6-9,13H,2-5,10-11H2,1H3. The van der Waals surface area contributed by atoms with Crippen LogP contribution in [-0.4, -0.2) is 23.9 Å². The van der Waals surface area contributed by atoms with Crippen molar-refractivity contribution in [2.45, 2.75) is 38.5 Å². The Kier molecular flexibility index (Phi) is 4.65. The first kappa shape index (κ1) is 13.4. The minimum atomic E-state index is 0.274. The summed E-state index contributed by atoms with van der Waals surface area (Å²) in [4.78, 5) is 13.9. The Hall–Kier alpha value is -1.02. The molecule has 1 unspecified atom stereocenters. The quantitative estimate of drug-likeness (QED) is 0.795. The average Bonchev–Trinajstić information content (AvgIpc) is 2.64. The number of benzene rings is 1. The highest BCUT2D eigenvalue weighted by atomic mass is 35.5. The summed E-state index contributed by atoms with van der Waals surface area (Å²) in [5.74, 6) is 0.733. The van der Waals surface area contributed by atoms with E-state index < -0.39 is 0 Å². The molecule has 1 fully saturated rings. The Bertz CT molecular complexity index is 401. The molecule has 1 aliphatic rings. The second kappa shape index (κ2) is 6.24. The lowest BCUT2D eigenvalue weighted by Crippen LogP contribution is -2.33. The first-order valence-corrected chi connectivity index (χ1v) is 7.11. The summed E-state index contributed by atoms with van der Waals surface area (Å²) < 4.78 is 0. The van der Waals surface area contributed by atoms with Crippen LogP contribution in [0.2, 0.25) is 5.02 Å². The first-order chi connectivity index (χ1) is 8.70. The van der Waals surface area contributed by atoms with Crippen LogP contribution in [0.1, 0.15) is 44.1 Å². The van der Waals surface area contributed by atoms with Crippen LogP contribution in [0.4, 0.5) is 0 Å². The summed E-state index contributed by atoms with van der Waals surface area (Å²) in [6.07, 6.45) is 4.08. The molecule has 0 N–H and O–H groups in total. The van der Waals surface area contributed by atoms with E-state index in [9.17, 15) is 4.79 Å². The van der Waals surface area contributed by atoms with E-state index in [0.717, 1.165) is 31.0 Å². The second-order valence-electron chi connectivity index (χ2n) is 4.94. The van der Waals surface area contributed by atoms with Crippen LogP contribution in [-0.2, 0) is 4.79 Å². The van der Waals surface area contributed by atoms with Gasteiger partial charge < -0.3 is 4.90 Å². The van der Waals surface area contributed by atoms with E-state index in [1.54, 1.807) is 0 Å². The number of nitrogens with zero attached hydrogens (tertiary/aromatic N) is 1. The third-order valence-electron chi connectivity index (χ3n) is 3.67. The minimum absolute atomic E-state index is 0.274. The molecule has 1 saturated heterocycles. The summed E-state index contributed by atoms with van der Waals surface area (Å²) in [6.45, 7) is 3.70. The van der Waals surface area contributed by atoms with Gasteiger partial charge in [0.1, 0.15) is 0 Å². The number of rotatable bonds is 2. The Morgan fingerprint density at radius 3 is 2.72 bits per heavy atom. The zero-order chi connectivity index (χ0) is 13.0. The topological polar surface area (TPSA) is 20.3 Å². The van der Waals surface area contributed by atoms with E-state index in [2.05, 4.69) is 12.1 Å². The second-order valence-corrected chi connectivity index (χ2v) is 5.37. The molecule has 1 heterocycles. The highest BCUT2D eigenvalue weighted by Gasteiger charge is 2.22. The fourth-order valence-corrected chi connectivity index (χ4v) is 2.73. The first-order valence-electron chi connectivity index (χ1n) is 6.74. The molecule has 98 valence electrons. The van der Waals surface area contributed by atoms with Crippen molar-refractivity contribution in [2.75, 3.05) is 13.1 Å². The third kappa shape index (κ3) is 3.26. The molecule has 0 aromatic heterocycles. The van der Waals surface area contributed by atoms with Gasteiger partial charge in [0.25, 0.3) is 0 Å². The molecule has 1 amide bonds. The van der Waals surface area contributed by atoms with E-state index in [1.807, 2.05) is 24.0 Å². The molecule has 3 heteroatoms. The molecule has 2 nitrogen and oxygen atoms in total. The van der Waals surface area contributed by atoms with Gasteiger partial charge in [-0.1, -0.05) is 37.1 Å². The summed E-state index contributed by atoms with van der Waals surface area (Å²) in [7, 11) is 0. The fraction of sp³-hybridized carbons (Fsp3) is 0.533. The third-order valence-corrected chi connectivity index (χ3v) is 3.92. The van der Waals surface area contributed by atoms with Gasteiger partial charge in [0.05, 0.1) is 0 Å². The van der Waals surface area contributed by atoms with Crippen molar-refractivity contribution in [3.63, 3.8) is 0 Å². The molecule has 1 aromatic rings. The SMILES string of the molecule is CCC(=O)N1CCCCC(c2ccc(Cl)cc2)C1. The van der Waals surface area contributed by atoms with Gasteiger partial charge >= 0.3 is 0 Å².